The number of hydrogen-bond acceptors (Lipinski definition) is 4. The third-order valence-corrected chi connectivity index (χ3v) is 6.73. The Hall–Kier alpha value is -3.35. The van der Waals surface area contributed by atoms with E-state index >= 15 is 0 Å². The summed E-state index contributed by atoms with van der Waals surface area (Å²) in [4.78, 5) is 41.8. The van der Waals surface area contributed by atoms with Crippen molar-refractivity contribution in [2.24, 2.45) is 0 Å². The molecule has 2 aromatic carbocycles. The van der Waals surface area contributed by atoms with Gasteiger partial charge in [-0.05, 0) is 49.6 Å². The van der Waals surface area contributed by atoms with Crippen LogP contribution in [0.3, 0.4) is 0 Å². The van der Waals surface area contributed by atoms with E-state index in [1.165, 1.54) is 16.8 Å². The number of unbranched alkanes of at least 4 members (excludes halogenated alkanes) is 1. The number of benzene rings is 2. The van der Waals surface area contributed by atoms with E-state index in [2.05, 4.69) is 47.6 Å². The van der Waals surface area contributed by atoms with Crippen LogP contribution in [0, 0.1) is 13.8 Å². The number of amides is 4. The zero-order chi connectivity index (χ0) is 23.6. The smallest absolute Gasteiger partial charge is 0.322 e. The predicted molar refractivity (Wildman–Crippen MR) is 128 cm³/mol. The van der Waals surface area contributed by atoms with Gasteiger partial charge in [0.2, 0.25) is 0 Å². The van der Waals surface area contributed by atoms with Crippen LogP contribution in [0.4, 0.5) is 10.5 Å². The fourth-order valence-electron chi connectivity index (χ4n) is 4.85. The van der Waals surface area contributed by atoms with Crippen molar-refractivity contribution < 1.29 is 14.4 Å². The second kappa shape index (κ2) is 9.25. The van der Waals surface area contributed by atoms with Gasteiger partial charge in [0.1, 0.15) is 5.54 Å². The summed E-state index contributed by atoms with van der Waals surface area (Å²) in [6.07, 6.45) is 2.24. The highest BCUT2D eigenvalue weighted by Gasteiger charge is 2.47. The summed E-state index contributed by atoms with van der Waals surface area (Å²) in [7, 11) is 0. The molecule has 0 bridgehead atoms. The molecular formula is C26H32N4O3. The standard InChI is InChI=1S/C26H32N4O3/c1-4-5-12-26(24(32)27-25(33)28-26)21-9-7-20(8-10-21)23(31)30-15-13-29(14-16-30)22-11-6-18(2)17-19(22)3/h6-11,17H,4-5,12-16H2,1-3H3,(H2,27,28,32,33). The molecule has 4 amide bonds. The maximum atomic E-state index is 13.1. The molecule has 2 N–H and O–H groups in total. The van der Waals surface area contributed by atoms with Crippen LogP contribution in [-0.2, 0) is 10.3 Å². The maximum Gasteiger partial charge on any atom is 0.322 e. The molecular weight excluding hydrogens is 416 g/mol. The molecule has 7 heteroatoms. The summed E-state index contributed by atoms with van der Waals surface area (Å²) in [5.74, 6) is -0.341. The Labute approximate surface area is 195 Å². The van der Waals surface area contributed by atoms with Gasteiger partial charge in [-0.2, -0.15) is 0 Å². The number of urea groups is 1. The Morgan fingerprint density at radius 3 is 2.27 bits per heavy atom. The van der Waals surface area contributed by atoms with Gasteiger partial charge in [-0.3, -0.25) is 14.9 Å². The first-order valence-corrected chi connectivity index (χ1v) is 11.7. The predicted octanol–water partition coefficient (Wildman–Crippen LogP) is 3.49. The van der Waals surface area contributed by atoms with Crippen LogP contribution in [0.15, 0.2) is 42.5 Å². The Bertz CT molecular complexity index is 1060. The topological polar surface area (TPSA) is 81.8 Å². The van der Waals surface area contributed by atoms with Gasteiger partial charge in [0.15, 0.2) is 0 Å². The van der Waals surface area contributed by atoms with Crippen LogP contribution in [0.25, 0.3) is 0 Å². The Morgan fingerprint density at radius 1 is 1.00 bits per heavy atom. The molecule has 33 heavy (non-hydrogen) atoms. The highest BCUT2D eigenvalue weighted by molar-refractivity contribution is 6.07. The molecule has 2 aliphatic rings. The average Bonchev–Trinajstić information content (AvgIpc) is 3.11. The quantitative estimate of drug-likeness (QED) is 0.663. The molecule has 0 aliphatic carbocycles. The van der Waals surface area contributed by atoms with Crippen LogP contribution in [0.5, 0.6) is 0 Å². The number of aryl methyl sites for hydroxylation is 2. The van der Waals surface area contributed by atoms with Gasteiger partial charge in [-0.25, -0.2) is 4.79 Å². The van der Waals surface area contributed by atoms with Crippen LogP contribution < -0.4 is 15.5 Å². The van der Waals surface area contributed by atoms with Crippen molar-refractivity contribution in [2.45, 2.75) is 45.6 Å². The number of piperazine rings is 1. The fraction of sp³-hybridized carbons (Fsp3) is 0.423. The Balaban J connectivity index is 1.44. The molecule has 0 spiro atoms. The van der Waals surface area contributed by atoms with Crippen LogP contribution in [0.1, 0.15) is 53.2 Å². The third-order valence-electron chi connectivity index (χ3n) is 6.73. The highest BCUT2D eigenvalue weighted by atomic mass is 16.2. The molecule has 1 atom stereocenters. The minimum atomic E-state index is -1.06. The Kier molecular flexibility index (Phi) is 6.40. The first-order chi connectivity index (χ1) is 15.8. The second-order valence-electron chi connectivity index (χ2n) is 9.06. The van der Waals surface area contributed by atoms with E-state index in [-0.39, 0.29) is 11.8 Å². The molecule has 0 saturated carbocycles. The highest BCUT2D eigenvalue weighted by Crippen LogP contribution is 2.31. The average molecular weight is 449 g/mol. The molecule has 2 aromatic rings. The van der Waals surface area contributed by atoms with Crippen molar-refractivity contribution in [3.8, 4) is 0 Å². The molecule has 174 valence electrons. The number of nitrogens with zero attached hydrogens (tertiary/aromatic N) is 2. The lowest BCUT2D eigenvalue weighted by Crippen LogP contribution is -2.49. The van der Waals surface area contributed by atoms with E-state index in [9.17, 15) is 14.4 Å². The van der Waals surface area contributed by atoms with Crippen molar-refractivity contribution in [1.82, 2.24) is 15.5 Å². The molecule has 0 aromatic heterocycles. The lowest BCUT2D eigenvalue weighted by Gasteiger charge is -2.37. The zero-order valence-electron chi connectivity index (χ0n) is 19.6. The number of rotatable bonds is 6. The van der Waals surface area contributed by atoms with Gasteiger partial charge in [0.05, 0.1) is 0 Å². The first kappa shape index (κ1) is 22.8. The van der Waals surface area contributed by atoms with Gasteiger partial charge in [0.25, 0.3) is 11.8 Å². The minimum Gasteiger partial charge on any atom is -0.368 e. The summed E-state index contributed by atoms with van der Waals surface area (Å²) in [5, 5.41) is 5.17. The van der Waals surface area contributed by atoms with Crippen molar-refractivity contribution in [3.05, 3.63) is 64.7 Å². The van der Waals surface area contributed by atoms with Crippen molar-refractivity contribution in [3.63, 3.8) is 0 Å². The molecule has 4 rings (SSSR count). The second-order valence-corrected chi connectivity index (χ2v) is 9.06. The van der Waals surface area contributed by atoms with Gasteiger partial charge in [0, 0.05) is 37.4 Å². The van der Waals surface area contributed by atoms with E-state index in [4.69, 9.17) is 0 Å². The number of anilines is 1. The molecule has 2 fully saturated rings. The van der Waals surface area contributed by atoms with E-state index in [1.54, 1.807) is 24.3 Å². The van der Waals surface area contributed by atoms with Crippen LogP contribution in [0.2, 0.25) is 0 Å². The molecule has 1 unspecified atom stereocenters. The van der Waals surface area contributed by atoms with Crippen molar-refractivity contribution >= 4 is 23.5 Å². The van der Waals surface area contributed by atoms with E-state index in [0.717, 1.165) is 25.9 Å². The number of carbonyl (C=O) groups is 3. The molecule has 2 heterocycles. The monoisotopic (exact) mass is 448 g/mol. The van der Waals surface area contributed by atoms with Gasteiger partial charge in [-0.1, -0.05) is 49.6 Å². The Morgan fingerprint density at radius 2 is 1.70 bits per heavy atom. The van der Waals surface area contributed by atoms with E-state index in [0.29, 0.717) is 30.6 Å². The van der Waals surface area contributed by atoms with Gasteiger partial charge < -0.3 is 15.1 Å². The van der Waals surface area contributed by atoms with Gasteiger partial charge in [-0.15, -0.1) is 0 Å². The zero-order valence-corrected chi connectivity index (χ0v) is 19.6. The van der Waals surface area contributed by atoms with Gasteiger partial charge >= 0.3 is 6.03 Å². The van der Waals surface area contributed by atoms with Crippen molar-refractivity contribution in [2.75, 3.05) is 31.1 Å². The summed E-state index contributed by atoms with van der Waals surface area (Å²) in [6.45, 7) is 9.17. The number of carbonyl (C=O) groups excluding carboxylic acids is 3. The summed E-state index contributed by atoms with van der Waals surface area (Å²) < 4.78 is 0. The summed E-state index contributed by atoms with van der Waals surface area (Å²) in [5.41, 5.74) is 3.97. The lowest BCUT2D eigenvalue weighted by molar-refractivity contribution is -0.124. The van der Waals surface area contributed by atoms with Crippen LogP contribution >= 0.6 is 0 Å². The first-order valence-electron chi connectivity index (χ1n) is 11.7. The number of hydrogen-bond donors (Lipinski definition) is 2. The van der Waals surface area contributed by atoms with E-state index in [1.807, 2.05) is 11.8 Å². The number of nitrogens with one attached hydrogen (secondary N) is 2. The molecule has 0 radical (unpaired) electrons. The lowest BCUT2D eigenvalue weighted by atomic mass is 9.84. The molecule has 2 aliphatic heterocycles. The summed E-state index contributed by atoms with van der Waals surface area (Å²) in [6, 6.07) is 13.1. The largest absolute Gasteiger partial charge is 0.368 e. The maximum absolute atomic E-state index is 13.1. The fourth-order valence-corrected chi connectivity index (χ4v) is 4.85. The SMILES string of the molecule is CCCCC1(c2ccc(C(=O)N3CCN(c4ccc(C)cc4C)CC3)cc2)NC(=O)NC1=O. The molecule has 2 saturated heterocycles. The van der Waals surface area contributed by atoms with E-state index < -0.39 is 11.6 Å². The number of imide groups is 1. The summed E-state index contributed by atoms with van der Waals surface area (Å²) >= 11 is 0. The molecule has 7 nitrogen and oxygen atoms in total. The van der Waals surface area contributed by atoms with Crippen LogP contribution in [-0.4, -0.2) is 48.9 Å². The minimum absolute atomic E-state index is 0.00987. The normalized spacial score (nSPS) is 20.6. The van der Waals surface area contributed by atoms with Crippen molar-refractivity contribution in [1.29, 1.82) is 0 Å². The third kappa shape index (κ3) is 4.45.